The van der Waals surface area contributed by atoms with E-state index in [1.54, 1.807) is 24.7 Å². The maximum atomic E-state index is 14.5. The topological polar surface area (TPSA) is 143 Å². The Morgan fingerprint density at radius 3 is 2.66 bits per heavy atom. The third-order valence-corrected chi connectivity index (χ3v) is 7.23. The first-order valence-corrected chi connectivity index (χ1v) is 13.8. The molecule has 9 nitrogen and oxygen atoms in total. The van der Waals surface area contributed by atoms with Crippen LogP contribution >= 0.6 is 0 Å². The number of aryl methyl sites for hydroxylation is 1. The van der Waals surface area contributed by atoms with Crippen LogP contribution in [-0.4, -0.2) is 50.6 Å². The number of H-pyrrole nitrogens is 2. The van der Waals surface area contributed by atoms with Gasteiger partial charge in [-0.3, -0.25) is 10.1 Å². The number of nitrogens with two attached hydrogens (primary N) is 1. The summed E-state index contributed by atoms with van der Waals surface area (Å²) in [5.74, 6) is 0.0579. The lowest BCUT2D eigenvalue weighted by atomic mass is 10.0. The molecule has 11 heteroatoms. The molecule has 38 heavy (non-hydrogen) atoms. The number of para-hydroxylation sites is 1. The lowest BCUT2D eigenvalue weighted by Gasteiger charge is -2.07. The van der Waals surface area contributed by atoms with Gasteiger partial charge in [-0.05, 0) is 47.9 Å². The van der Waals surface area contributed by atoms with Crippen molar-refractivity contribution in [1.82, 2.24) is 30.1 Å². The molecule has 0 radical (unpaired) electrons. The summed E-state index contributed by atoms with van der Waals surface area (Å²) in [7, 11) is -3.17. The highest BCUT2D eigenvalue weighted by molar-refractivity contribution is 7.90. The van der Waals surface area contributed by atoms with Crippen LogP contribution in [0.1, 0.15) is 5.56 Å². The van der Waals surface area contributed by atoms with Gasteiger partial charge in [0.25, 0.3) is 0 Å². The normalized spacial score (nSPS) is 11.9. The summed E-state index contributed by atoms with van der Waals surface area (Å²) in [6.45, 7) is 0. The first kappa shape index (κ1) is 23.7. The molecule has 0 saturated heterocycles. The third kappa shape index (κ3) is 4.59. The molecule has 0 aliphatic rings. The van der Waals surface area contributed by atoms with Crippen molar-refractivity contribution in [1.29, 1.82) is 0 Å². The monoisotopic (exact) mass is 527 g/mol. The zero-order valence-electron chi connectivity index (χ0n) is 20.2. The van der Waals surface area contributed by atoms with E-state index in [-0.39, 0.29) is 12.2 Å². The number of sulfone groups is 1. The van der Waals surface area contributed by atoms with Crippen molar-refractivity contribution in [3.05, 3.63) is 78.5 Å². The molecule has 0 amide bonds. The Morgan fingerprint density at radius 1 is 1.00 bits per heavy atom. The molecule has 2 aromatic carbocycles. The van der Waals surface area contributed by atoms with E-state index in [0.29, 0.717) is 39.5 Å². The van der Waals surface area contributed by atoms with Gasteiger partial charge in [0.05, 0.1) is 27.9 Å². The number of pyridine rings is 2. The van der Waals surface area contributed by atoms with Crippen LogP contribution in [0, 0.1) is 5.82 Å². The standard InChI is InChI=1S/C27H22FN7O2S/c1-38(36,37)6-5-15-7-16(9-19(28)8-15)21-3-2-4-23-24(21)33-27(32-23)25-22-11-18(13-31-26(22)35-34-25)17-10-20(29)14-30-12-17/h2-4,7-14H,5-6,29H2,1H3,(H,32,33)(H,31,34,35). The fourth-order valence-corrected chi connectivity index (χ4v) is 5.10. The van der Waals surface area contributed by atoms with Gasteiger partial charge in [-0.2, -0.15) is 5.10 Å². The van der Waals surface area contributed by atoms with Gasteiger partial charge in [0.2, 0.25) is 0 Å². The van der Waals surface area contributed by atoms with Crippen LogP contribution in [0.25, 0.3) is 55.8 Å². The van der Waals surface area contributed by atoms with E-state index >= 15 is 0 Å². The molecule has 0 saturated carbocycles. The van der Waals surface area contributed by atoms with Gasteiger partial charge in [-0.1, -0.05) is 18.2 Å². The van der Waals surface area contributed by atoms with Gasteiger partial charge in [0.15, 0.2) is 11.5 Å². The molecule has 4 heterocycles. The number of halogens is 1. The van der Waals surface area contributed by atoms with E-state index in [2.05, 4.69) is 25.1 Å². The Kier molecular flexibility index (Phi) is 5.64. The third-order valence-electron chi connectivity index (χ3n) is 6.28. The summed E-state index contributed by atoms with van der Waals surface area (Å²) in [5.41, 5.74) is 12.6. The molecule has 4 N–H and O–H groups in total. The first-order chi connectivity index (χ1) is 18.2. The minimum absolute atomic E-state index is 0.0544. The van der Waals surface area contributed by atoms with Gasteiger partial charge in [0, 0.05) is 41.5 Å². The quantitative estimate of drug-likeness (QED) is 0.288. The number of benzene rings is 2. The number of hydrogen-bond acceptors (Lipinski definition) is 7. The second kappa shape index (κ2) is 9.03. The van der Waals surface area contributed by atoms with Gasteiger partial charge in [-0.15, -0.1) is 0 Å². The highest BCUT2D eigenvalue weighted by atomic mass is 32.2. The van der Waals surface area contributed by atoms with Crippen LogP contribution in [0.15, 0.2) is 67.1 Å². The number of nitrogens with zero attached hydrogens (tertiary/aromatic N) is 4. The Balaban J connectivity index is 1.43. The van der Waals surface area contributed by atoms with E-state index in [1.165, 1.54) is 18.4 Å². The van der Waals surface area contributed by atoms with Gasteiger partial charge in [0.1, 0.15) is 21.3 Å². The fraction of sp³-hybridized carbons (Fsp3) is 0.111. The number of rotatable bonds is 6. The molecule has 6 rings (SSSR count). The summed E-state index contributed by atoms with van der Waals surface area (Å²) in [5, 5.41) is 8.12. The molecule has 0 fully saturated rings. The summed E-state index contributed by atoms with van der Waals surface area (Å²) in [6, 6.07) is 14.0. The van der Waals surface area contributed by atoms with Crippen molar-refractivity contribution in [2.24, 2.45) is 0 Å². The molecule has 0 aliphatic heterocycles. The van der Waals surface area contributed by atoms with E-state index in [0.717, 1.165) is 27.6 Å². The Morgan fingerprint density at radius 2 is 1.84 bits per heavy atom. The molecule has 0 bridgehead atoms. The number of imidazole rings is 1. The Bertz CT molecular complexity index is 1950. The minimum atomic E-state index is -3.17. The maximum Gasteiger partial charge on any atom is 0.181 e. The molecule has 6 aromatic rings. The second-order valence-electron chi connectivity index (χ2n) is 9.22. The SMILES string of the molecule is CS(=O)(=O)CCc1cc(F)cc(-c2cccc3[nH]c(-c4[nH]nc5ncc(-c6cncc(N)c6)cc45)nc23)c1. The van der Waals surface area contributed by atoms with Crippen LogP contribution in [-0.2, 0) is 16.3 Å². The molecule has 0 atom stereocenters. The largest absolute Gasteiger partial charge is 0.397 e. The predicted octanol–water partition coefficient (Wildman–Crippen LogP) is 4.54. The number of aromatic nitrogens is 6. The van der Waals surface area contributed by atoms with E-state index in [1.807, 2.05) is 30.3 Å². The summed E-state index contributed by atoms with van der Waals surface area (Å²) in [6.07, 6.45) is 6.41. The summed E-state index contributed by atoms with van der Waals surface area (Å²) < 4.78 is 37.8. The lowest BCUT2D eigenvalue weighted by Crippen LogP contribution is -2.06. The van der Waals surface area contributed by atoms with Crippen LogP contribution in [0.2, 0.25) is 0 Å². The van der Waals surface area contributed by atoms with Gasteiger partial charge in [-0.25, -0.2) is 22.8 Å². The Labute approximate surface area is 216 Å². The number of hydrogen-bond donors (Lipinski definition) is 3. The number of fused-ring (bicyclic) bond motifs is 2. The molecular formula is C27H22FN7O2S. The van der Waals surface area contributed by atoms with Crippen LogP contribution in [0.3, 0.4) is 0 Å². The molecule has 0 aliphatic carbocycles. The van der Waals surface area contributed by atoms with Crippen molar-refractivity contribution >= 4 is 37.6 Å². The zero-order valence-corrected chi connectivity index (χ0v) is 21.1. The number of anilines is 1. The van der Waals surface area contributed by atoms with Crippen molar-refractivity contribution in [2.45, 2.75) is 6.42 Å². The number of nitrogens with one attached hydrogen (secondary N) is 2. The smallest absolute Gasteiger partial charge is 0.181 e. The lowest BCUT2D eigenvalue weighted by molar-refractivity contribution is 0.600. The van der Waals surface area contributed by atoms with Crippen molar-refractivity contribution < 1.29 is 12.8 Å². The predicted molar refractivity (Wildman–Crippen MR) is 145 cm³/mol. The zero-order chi connectivity index (χ0) is 26.4. The highest BCUT2D eigenvalue weighted by Crippen LogP contribution is 2.33. The summed E-state index contributed by atoms with van der Waals surface area (Å²) in [4.78, 5) is 16.8. The van der Waals surface area contributed by atoms with E-state index in [4.69, 9.17) is 10.7 Å². The van der Waals surface area contributed by atoms with Crippen molar-refractivity contribution in [3.8, 4) is 33.8 Å². The van der Waals surface area contributed by atoms with Crippen LogP contribution < -0.4 is 5.73 Å². The fourth-order valence-electron chi connectivity index (χ4n) is 4.49. The molecule has 4 aromatic heterocycles. The van der Waals surface area contributed by atoms with Gasteiger partial charge < -0.3 is 10.7 Å². The number of nitrogen functional groups attached to an aromatic ring is 1. The molecular weight excluding hydrogens is 505 g/mol. The molecule has 0 spiro atoms. The first-order valence-electron chi connectivity index (χ1n) is 11.8. The molecule has 0 unspecified atom stereocenters. The van der Waals surface area contributed by atoms with E-state index < -0.39 is 15.7 Å². The van der Waals surface area contributed by atoms with Crippen LogP contribution in [0.4, 0.5) is 10.1 Å². The average molecular weight is 528 g/mol. The van der Waals surface area contributed by atoms with Crippen LogP contribution in [0.5, 0.6) is 0 Å². The Hall–Kier alpha value is -4.64. The maximum absolute atomic E-state index is 14.5. The number of aromatic amines is 2. The van der Waals surface area contributed by atoms with Crippen molar-refractivity contribution in [3.63, 3.8) is 0 Å². The summed E-state index contributed by atoms with van der Waals surface area (Å²) >= 11 is 0. The molecule has 190 valence electrons. The average Bonchev–Trinajstić information content (AvgIpc) is 3.50. The highest BCUT2D eigenvalue weighted by Gasteiger charge is 2.17. The van der Waals surface area contributed by atoms with Gasteiger partial charge >= 0.3 is 0 Å². The second-order valence-corrected chi connectivity index (χ2v) is 11.5. The van der Waals surface area contributed by atoms with Crippen molar-refractivity contribution in [2.75, 3.05) is 17.7 Å². The van der Waals surface area contributed by atoms with E-state index in [9.17, 15) is 12.8 Å². The minimum Gasteiger partial charge on any atom is -0.397 e.